The largest absolute Gasteiger partial charge is 0.489 e. The summed E-state index contributed by atoms with van der Waals surface area (Å²) in [5, 5.41) is 8.80. The molecule has 212 valence electrons. The van der Waals surface area contributed by atoms with Crippen LogP contribution in [0, 0.1) is 0 Å². The summed E-state index contributed by atoms with van der Waals surface area (Å²) in [6, 6.07) is 18.9. The van der Waals surface area contributed by atoms with Crippen LogP contribution in [-0.2, 0) is 6.61 Å². The third-order valence-corrected chi connectivity index (χ3v) is 8.94. The van der Waals surface area contributed by atoms with E-state index in [4.69, 9.17) is 48.6 Å². The lowest BCUT2D eigenvalue weighted by Crippen LogP contribution is -2.25. The molecule has 4 aromatic rings. The van der Waals surface area contributed by atoms with Crippen molar-refractivity contribution in [3.05, 3.63) is 104 Å². The Morgan fingerprint density at radius 3 is 2.46 bits per heavy atom. The van der Waals surface area contributed by atoms with E-state index in [1.165, 1.54) is 5.56 Å². The quantitative estimate of drug-likeness (QED) is 0.127. The van der Waals surface area contributed by atoms with E-state index < -0.39 is 0 Å². The van der Waals surface area contributed by atoms with Gasteiger partial charge in [0, 0.05) is 34.4 Å². The molecule has 1 heterocycles. The van der Waals surface area contributed by atoms with Gasteiger partial charge in [-0.1, -0.05) is 64.2 Å². The molecular weight excluding hydrogens is 603 g/mol. The molecule has 6 nitrogen and oxygen atoms in total. The molecule has 10 heteroatoms. The number of aromatic nitrogens is 1. The standard InChI is InChI=1S/C31H27Cl3N2O4S/c32-25-2-1-3-26(33)28(25)29-24(30(40-36-29)18-6-7-18)16-39-20-10-11-21(27(34)14-20)23-15-22(23)17-4-8-19(9-5-17)31(37)35-12-13-41-38/h1-5,8-11,14,18,22-23,38H,6-7,12-13,15-16H2,(H,35,37). The van der Waals surface area contributed by atoms with Crippen molar-refractivity contribution in [2.24, 2.45) is 0 Å². The molecule has 0 radical (unpaired) electrons. The highest BCUT2D eigenvalue weighted by molar-refractivity contribution is 7.93. The average Bonchev–Trinajstić information content (AvgIpc) is 3.90. The van der Waals surface area contributed by atoms with Crippen LogP contribution in [0.2, 0.25) is 15.1 Å². The Balaban J connectivity index is 1.13. The van der Waals surface area contributed by atoms with Gasteiger partial charge in [0.25, 0.3) is 5.91 Å². The molecule has 0 aliphatic heterocycles. The minimum Gasteiger partial charge on any atom is -0.489 e. The summed E-state index contributed by atoms with van der Waals surface area (Å²) in [5.41, 5.74) is 4.98. The molecule has 3 aromatic carbocycles. The lowest BCUT2D eigenvalue weighted by atomic mass is 10.0. The van der Waals surface area contributed by atoms with Crippen molar-refractivity contribution in [3.63, 3.8) is 0 Å². The zero-order valence-corrected chi connectivity index (χ0v) is 25.0. The highest BCUT2D eigenvalue weighted by Crippen LogP contribution is 2.56. The molecule has 2 N–H and O–H groups in total. The lowest BCUT2D eigenvalue weighted by molar-refractivity contribution is 0.0956. The summed E-state index contributed by atoms with van der Waals surface area (Å²) >= 11 is 20.4. The number of hydrogen-bond acceptors (Lipinski definition) is 6. The number of halogens is 3. The second-order valence-electron chi connectivity index (χ2n) is 10.4. The summed E-state index contributed by atoms with van der Waals surface area (Å²) in [4.78, 5) is 12.2. The first kappa shape index (κ1) is 28.4. The number of nitrogens with one attached hydrogen (secondary N) is 1. The lowest BCUT2D eigenvalue weighted by Gasteiger charge is -2.11. The smallest absolute Gasteiger partial charge is 0.251 e. The number of carbonyl (C=O) groups excluding carboxylic acids is 1. The van der Waals surface area contributed by atoms with Crippen LogP contribution in [0.5, 0.6) is 5.75 Å². The number of ether oxygens (including phenoxy) is 1. The van der Waals surface area contributed by atoms with E-state index in [-0.39, 0.29) is 12.5 Å². The molecular formula is C31H27Cl3N2O4S. The normalized spacial score (nSPS) is 17.9. The molecule has 1 amide bonds. The first-order valence-corrected chi connectivity index (χ1v) is 15.5. The van der Waals surface area contributed by atoms with Gasteiger partial charge in [-0.25, -0.2) is 0 Å². The molecule has 2 saturated carbocycles. The van der Waals surface area contributed by atoms with Gasteiger partial charge in [-0.15, -0.1) is 0 Å². The molecule has 1 aromatic heterocycles. The number of amides is 1. The van der Waals surface area contributed by atoms with Gasteiger partial charge in [-0.3, -0.25) is 4.79 Å². The van der Waals surface area contributed by atoms with Gasteiger partial charge in [0.05, 0.1) is 15.6 Å². The molecule has 2 fully saturated rings. The maximum absolute atomic E-state index is 12.2. The van der Waals surface area contributed by atoms with Crippen LogP contribution in [0.3, 0.4) is 0 Å². The predicted octanol–water partition coefficient (Wildman–Crippen LogP) is 8.97. The van der Waals surface area contributed by atoms with Crippen molar-refractivity contribution in [3.8, 4) is 17.0 Å². The van der Waals surface area contributed by atoms with Gasteiger partial charge in [0.15, 0.2) is 0 Å². The molecule has 41 heavy (non-hydrogen) atoms. The molecule has 2 aliphatic carbocycles. The first-order valence-electron chi connectivity index (χ1n) is 13.4. The number of benzene rings is 3. The minimum atomic E-state index is -0.144. The van der Waals surface area contributed by atoms with E-state index >= 15 is 0 Å². The second kappa shape index (κ2) is 12.3. The zero-order valence-electron chi connectivity index (χ0n) is 21.9. The van der Waals surface area contributed by atoms with E-state index in [1.807, 2.05) is 42.5 Å². The van der Waals surface area contributed by atoms with Crippen molar-refractivity contribution in [1.82, 2.24) is 10.5 Å². The number of nitrogens with zero attached hydrogens (tertiary/aromatic N) is 1. The van der Waals surface area contributed by atoms with Gasteiger partial charge in [0.2, 0.25) is 0 Å². The van der Waals surface area contributed by atoms with Gasteiger partial charge < -0.3 is 19.1 Å². The average molecular weight is 630 g/mol. The molecule has 2 aliphatic rings. The second-order valence-corrected chi connectivity index (χ2v) is 12.3. The number of hydrogen-bond donors (Lipinski definition) is 2. The van der Waals surface area contributed by atoms with Crippen LogP contribution in [0.4, 0.5) is 0 Å². The van der Waals surface area contributed by atoms with Crippen LogP contribution in [0.1, 0.15) is 69.8 Å². The summed E-state index contributed by atoms with van der Waals surface area (Å²) in [5.74, 6) is 2.79. The SMILES string of the molecule is O=C(NCCSO)c1ccc(C2CC2c2ccc(OCc3c(-c4c(Cl)cccc4Cl)noc3C3CC3)cc2Cl)cc1. The van der Waals surface area contributed by atoms with Crippen molar-refractivity contribution < 1.29 is 18.6 Å². The van der Waals surface area contributed by atoms with Crippen LogP contribution < -0.4 is 10.1 Å². The van der Waals surface area contributed by atoms with Gasteiger partial charge >= 0.3 is 0 Å². The Hall–Kier alpha value is -2.68. The van der Waals surface area contributed by atoms with E-state index in [2.05, 4.69) is 10.5 Å². The molecule has 6 rings (SSSR count). The van der Waals surface area contributed by atoms with Gasteiger partial charge in [-0.2, -0.15) is 0 Å². The Labute approximate surface area is 257 Å². The maximum Gasteiger partial charge on any atom is 0.251 e. The van der Waals surface area contributed by atoms with E-state index in [0.29, 0.717) is 79.7 Å². The van der Waals surface area contributed by atoms with Crippen LogP contribution in [0.25, 0.3) is 11.3 Å². The molecule has 2 unspecified atom stereocenters. The topological polar surface area (TPSA) is 84.6 Å². The van der Waals surface area contributed by atoms with Gasteiger partial charge in [-0.05, 0) is 90.7 Å². The van der Waals surface area contributed by atoms with Crippen LogP contribution >= 0.6 is 46.8 Å². The molecule has 0 bridgehead atoms. The minimum absolute atomic E-state index is 0.144. The van der Waals surface area contributed by atoms with Crippen molar-refractivity contribution >= 4 is 52.8 Å². The maximum atomic E-state index is 12.2. The summed E-state index contributed by atoms with van der Waals surface area (Å²) < 4.78 is 20.8. The number of carbonyl (C=O) groups is 1. The Bertz CT molecular complexity index is 1550. The fourth-order valence-electron chi connectivity index (χ4n) is 5.20. The van der Waals surface area contributed by atoms with Crippen LogP contribution in [-0.4, -0.2) is 27.9 Å². The first-order chi connectivity index (χ1) is 19.9. The summed E-state index contributed by atoms with van der Waals surface area (Å²) in [7, 11) is 0. The van der Waals surface area contributed by atoms with E-state index in [1.54, 1.807) is 18.2 Å². The summed E-state index contributed by atoms with van der Waals surface area (Å²) in [6.07, 6.45) is 3.11. The van der Waals surface area contributed by atoms with E-state index in [9.17, 15) is 4.79 Å². The van der Waals surface area contributed by atoms with Crippen LogP contribution in [0.15, 0.2) is 65.2 Å². The molecule has 0 spiro atoms. The molecule has 2 atom stereocenters. The Kier molecular flexibility index (Phi) is 8.52. The number of rotatable bonds is 11. The fraction of sp³-hybridized carbons (Fsp3) is 0.290. The fourth-order valence-corrected chi connectivity index (χ4v) is 6.28. The Morgan fingerprint density at radius 2 is 1.78 bits per heavy atom. The van der Waals surface area contributed by atoms with Gasteiger partial charge in [0.1, 0.15) is 23.8 Å². The zero-order chi connectivity index (χ0) is 28.5. The monoisotopic (exact) mass is 628 g/mol. The highest BCUT2D eigenvalue weighted by Gasteiger charge is 2.40. The Morgan fingerprint density at radius 1 is 1.02 bits per heavy atom. The summed E-state index contributed by atoms with van der Waals surface area (Å²) in [6.45, 7) is 0.676. The van der Waals surface area contributed by atoms with Crippen molar-refractivity contribution in [1.29, 1.82) is 0 Å². The van der Waals surface area contributed by atoms with Crippen molar-refractivity contribution in [2.75, 3.05) is 12.3 Å². The van der Waals surface area contributed by atoms with Crippen molar-refractivity contribution in [2.45, 2.75) is 43.6 Å². The third-order valence-electron chi connectivity index (χ3n) is 7.59. The molecule has 0 saturated heterocycles. The highest BCUT2D eigenvalue weighted by atomic mass is 35.5. The van der Waals surface area contributed by atoms with E-state index in [0.717, 1.165) is 36.1 Å². The third kappa shape index (κ3) is 6.25. The predicted molar refractivity (Wildman–Crippen MR) is 164 cm³/mol.